The van der Waals surface area contributed by atoms with Crippen LogP contribution in [0.15, 0.2) is 0 Å². The Bertz CT molecular complexity index is 2080. The topological polar surface area (TPSA) is 0 Å². The molecule has 0 aromatic heterocycles. The van der Waals surface area contributed by atoms with Crippen LogP contribution in [-0.4, -0.2) is 14.1 Å². The van der Waals surface area contributed by atoms with Crippen molar-refractivity contribution in [2.24, 2.45) is 0 Å². The van der Waals surface area contributed by atoms with Crippen LogP contribution < -0.4 is 13.3 Å². The summed E-state index contributed by atoms with van der Waals surface area (Å²) in [6.07, 6.45) is 0. The second-order valence-corrected chi connectivity index (χ2v) is 11.7. The minimum atomic E-state index is -6.40. The molecule has 0 saturated heterocycles. The molecular weight excluding hydrogens is 700 g/mol. The number of fused-ring (bicyclic) bond motifs is 2. The van der Waals surface area contributed by atoms with Crippen molar-refractivity contribution in [3.63, 3.8) is 0 Å². The van der Waals surface area contributed by atoms with Gasteiger partial charge in [0.15, 0.2) is 98.9 Å². The Morgan fingerprint density at radius 3 is 0.696 bits per heavy atom. The van der Waals surface area contributed by atoms with Gasteiger partial charge in [-0.3, -0.25) is 0 Å². The molecule has 0 N–H and O–H groups in total. The van der Waals surface area contributed by atoms with Crippen molar-refractivity contribution in [3.05, 3.63) is 111 Å². The summed E-state index contributed by atoms with van der Waals surface area (Å²) in [5.74, 6) is -58.2. The summed E-state index contributed by atoms with van der Waals surface area (Å²) < 4.78 is 271. The van der Waals surface area contributed by atoms with Crippen LogP contribution in [0.2, 0.25) is 0 Å². The summed E-state index contributed by atoms with van der Waals surface area (Å²) in [6.45, 7) is 0. The quantitative estimate of drug-likeness (QED) is 0.0617. The minimum Gasteiger partial charge on any atom is -0.206 e. The van der Waals surface area contributed by atoms with Gasteiger partial charge in [-0.1, -0.05) is 4.43 Å². The van der Waals surface area contributed by atoms with Crippen molar-refractivity contribution in [1.29, 1.82) is 0 Å². The number of benzene rings is 5. The molecule has 5 rings (SSSR count). The fourth-order valence-electron chi connectivity index (χ4n) is 4.86. The van der Waals surface area contributed by atoms with Crippen molar-refractivity contribution < 1.29 is 83.4 Å². The van der Waals surface area contributed by atoms with Crippen LogP contribution >= 0.6 is 0 Å². The van der Waals surface area contributed by atoms with E-state index >= 15 is 30.7 Å². The molecule has 0 aliphatic carbocycles. The van der Waals surface area contributed by atoms with Gasteiger partial charge in [-0.2, -0.15) is 0 Å². The van der Waals surface area contributed by atoms with Crippen LogP contribution in [0.1, 0.15) is 0 Å². The highest BCUT2D eigenvalue weighted by molar-refractivity contribution is 6.97. The number of rotatable bonds is 3. The Labute approximate surface area is 243 Å². The average Bonchev–Trinajstić information content (AvgIpc) is 3.02. The van der Waals surface area contributed by atoms with Gasteiger partial charge in [-0.25, -0.2) is 83.4 Å². The monoisotopic (exact) mass is 700 g/mol. The lowest BCUT2D eigenvalue weighted by Gasteiger charge is -2.22. The highest BCUT2D eigenvalue weighted by Gasteiger charge is 2.47. The summed E-state index contributed by atoms with van der Waals surface area (Å²) in [7, 11) is 0. The fraction of sp³-hybridized carbons (Fsp3) is 0. The fourth-order valence-corrected chi connectivity index (χ4v) is 8.19. The largest absolute Gasteiger partial charge is 0.409 e. The first-order valence-corrected chi connectivity index (χ1v) is 13.2. The van der Waals surface area contributed by atoms with Gasteiger partial charge in [0.2, 0.25) is 0 Å². The van der Waals surface area contributed by atoms with Crippen LogP contribution in [-0.2, 0) is 0 Å². The molecule has 0 fully saturated rings. The lowest BCUT2D eigenvalue weighted by molar-refractivity contribution is 0.382. The van der Waals surface area contributed by atoms with E-state index in [0.717, 1.165) is 0 Å². The van der Waals surface area contributed by atoms with Crippen LogP contribution in [0.4, 0.5) is 83.4 Å². The van der Waals surface area contributed by atoms with E-state index in [1.165, 1.54) is 0 Å². The smallest absolute Gasteiger partial charge is 0.206 e. The van der Waals surface area contributed by atoms with E-state index in [0.29, 0.717) is 0 Å². The highest BCUT2D eigenvalue weighted by Crippen LogP contribution is 2.38. The van der Waals surface area contributed by atoms with Crippen molar-refractivity contribution in [2.45, 2.75) is 0 Å². The molecule has 240 valence electrons. The van der Waals surface area contributed by atoms with E-state index < -0.39 is 159 Å². The standard InChI is InChI=1S/C14F9.2C6F5.Al/c15-3-1-2-4(10(19)8(3)17)9(18)6-5(7(2)16)11(20)13(22)14(23)12(6)21;2*7-2-1-3(8)5(10)6(11)4(2)9;. The number of hydrogen-bond donors (Lipinski definition) is 0. The van der Waals surface area contributed by atoms with Gasteiger partial charge in [0.25, 0.3) is 0 Å². The summed E-state index contributed by atoms with van der Waals surface area (Å²) in [5.41, 5.74) is 0. The van der Waals surface area contributed by atoms with E-state index in [1.807, 2.05) is 0 Å². The molecule has 0 aliphatic heterocycles. The molecule has 5 aromatic rings. The SMILES string of the molecule is Fc1c(F)c(F)[c]([Al]([c]2c(F)c(F)c(F)c(F)c2F)[c]2c(F)c(F)c(F)c3c(F)c4c(F)c(F)c(F)c(F)c4c(F)c23)c(F)c1F. The third-order valence-electron chi connectivity index (χ3n) is 6.86. The van der Waals surface area contributed by atoms with Crippen LogP contribution in [0.25, 0.3) is 21.5 Å². The summed E-state index contributed by atoms with van der Waals surface area (Å²) in [5, 5.41) is -9.91. The Balaban J connectivity index is 2.21. The first-order valence-electron chi connectivity index (χ1n) is 11.5. The van der Waals surface area contributed by atoms with Gasteiger partial charge >= 0.3 is 14.1 Å². The van der Waals surface area contributed by atoms with Gasteiger partial charge in [-0.05, 0) is 8.85 Å². The van der Waals surface area contributed by atoms with Crippen molar-refractivity contribution in [2.75, 3.05) is 0 Å². The van der Waals surface area contributed by atoms with Gasteiger partial charge < -0.3 is 0 Å². The zero-order valence-corrected chi connectivity index (χ0v) is 21.9. The Hall–Kier alpha value is -4.18. The molecular formula is C26AlF19. The van der Waals surface area contributed by atoms with Crippen molar-refractivity contribution in [3.8, 4) is 0 Å². The van der Waals surface area contributed by atoms with Crippen LogP contribution in [0.5, 0.6) is 0 Å². The maximum Gasteiger partial charge on any atom is 0.409 e. The van der Waals surface area contributed by atoms with E-state index in [-0.39, 0.29) is 0 Å². The molecule has 0 unspecified atom stereocenters. The first kappa shape index (κ1) is 33.2. The predicted molar refractivity (Wildman–Crippen MR) is 118 cm³/mol. The second-order valence-electron chi connectivity index (χ2n) is 9.14. The normalized spacial score (nSPS) is 11.8. The first-order chi connectivity index (χ1) is 21.3. The molecule has 46 heavy (non-hydrogen) atoms. The number of hydrogen-bond acceptors (Lipinski definition) is 0. The Kier molecular flexibility index (Phi) is 7.92. The van der Waals surface area contributed by atoms with Gasteiger partial charge in [0, 0.05) is 5.39 Å². The molecule has 0 atom stereocenters. The Morgan fingerprint density at radius 1 is 0.174 bits per heavy atom. The molecule has 0 nitrogen and oxygen atoms in total. The molecule has 5 aromatic carbocycles. The van der Waals surface area contributed by atoms with Gasteiger partial charge in [0.1, 0.15) is 11.6 Å². The molecule has 0 amide bonds. The number of halogens is 19. The molecule has 0 radical (unpaired) electrons. The predicted octanol–water partition coefficient (Wildman–Crippen LogP) is 7.15. The van der Waals surface area contributed by atoms with Crippen molar-refractivity contribution >= 4 is 49.0 Å². The third kappa shape index (κ3) is 4.18. The zero-order valence-electron chi connectivity index (χ0n) is 20.8. The minimum absolute atomic E-state index is 2.39. The molecule has 0 saturated carbocycles. The maximum atomic E-state index is 15.9. The second kappa shape index (κ2) is 11.0. The molecule has 0 aliphatic rings. The summed E-state index contributed by atoms with van der Waals surface area (Å²) in [4.78, 5) is 0. The molecule has 0 heterocycles. The maximum absolute atomic E-state index is 15.9. The molecule has 0 spiro atoms. The van der Waals surface area contributed by atoms with Crippen LogP contribution in [0, 0.1) is 111 Å². The summed E-state index contributed by atoms with van der Waals surface area (Å²) >= 11 is -6.40. The average molecular weight is 700 g/mol. The van der Waals surface area contributed by atoms with Crippen LogP contribution in [0.3, 0.4) is 0 Å². The molecule has 20 heteroatoms. The lowest BCUT2D eigenvalue weighted by atomic mass is 9.99. The van der Waals surface area contributed by atoms with Crippen molar-refractivity contribution in [1.82, 2.24) is 0 Å². The lowest BCUT2D eigenvalue weighted by Crippen LogP contribution is -2.59. The van der Waals surface area contributed by atoms with E-state index in [2.05, 4.69) is 0 Å². The molecule has 0 bridgehead atoms. The van der Waals surface area contributed by atoms with Gasteiger partial charge in [0.05, 0.1) is 16.2 Å². The van der Waals surface area contributed by atoms with E-state index in [1.54, 1.807) is 0 Å². The Morgan fingerprint density at radius 2 is 0.370 bits per heavy atom. The van der Waals surface area contributed by atoms with Gasteiger partial charge in [-0.15, -0.1) is 0 Å². The van der Waals surface area contributed by atoms with E-state index in [9.17, 15) is 52.7 Å². The third-order valence-corrected chi connectivity index (χ3v) is 10.1. The highest BCUT2D eigenvalue weighted by atomic mass is 27.2. The zero-order chi connectivity index (χ0) is 34.6. The van der Waals surface area contributed by atoms with E-state index in [4.69, 9.17) is 0 Å². The summed E-state index contributed by atoms with van der Waals surface area (Å²) in [6, 6.07) is 0.